The van der Waals surface area contributed by atoms with Crippen molar-refractivity contribution in [2.24, 2.45) is 17.6 Å². The molecule has 0 spiro atoms. The summed E-state index contributed by atoms with van der Waals surface area (Å²) in [7, 11) is 3.68. The summed E-state index contributed by atoms with van der Waals surface area (Å²) < 4.78 is 0. The number of hydrogen-bond acceptors (Lipinski definition) is 3. The zero-order valence-electron chi connectivity index (χ0n) is 14.5. The van der Waals surface area contributed by atoms with Crippen molar-refractivity contribution in [1.82, 2.24) is 9.80 Å². The van der Waals surface area contributed by atoms with E-state index in [-0.39, 0.29) is 5.91 Å². The first kappa shape index (κ1) is 18.4. The fourth-order valence-corrected chi connectivity index (χ4v) is 3.65. The smallest absolute Gasteiger partial charge is 0.236 e. The number of hydrogen-bond donors (Lipinski definition) is 1. The van der Waals surface area contributed by atoms with Crippen LogP contribution in [0.1, 0.15) is 52.4 Å². The summed E-state index contributed by atoms with van der Waals surface area (Å²) in [6.45, 7) is 6.75. The van der Waals surface area contributed by atoms with E-state index in [4.69, 9.17) is 5.73 Å². The maximum atomic E-state index is 12.1. The van der Waals surface area contributed by atoms with Crippen LogP contribution in [0.15, 0.2) is 0 Å². The van der Waals surface area contributed by atoms with E-state index in [1.54, 1.807) is 4.90 Å². The van der Waals surface area contributed by atoms with Gasteiger partial charge in [-0.25, -0.2) is 0 Å². The van der Waals surface area contributed by atoms with Crippen molar-refractivity contribution in [2.75, 3.05) is 33.7 Å². The lowest BCUT2D eigenvalue weighted by Gasteiger charge is -2.42. The van der Waals surface area contributed by atoms with E-state index in [9.17, 15) is 4.79 Å². The topological polar surface area (TPSA) is 49.6 Å². The molecular weight excluding hydrogens is 262 g/mol. The van der Waals surface area contributed by atoms with Gasteiger partial charge < -0.3 is 10.6 Å². The van der Waals surface area contributed by atoms with Crippen LogP contribution in [0.5, 0.6) is 0 Å². The van der Waals surface area contributed by atoms with Crippen LogP contribution < -0.4 is 5.73 Å². The molecule has 1 amide bonds. The maximum absolute atomic E-state index is 12.1. The Morgan fingerprint density at radius 2 is 1.90 bits per heavy atom. The van der Waals surface area contributed by atoms with Crippen LogP contribution in [0.4, 0.5) is 0 Å². The van der Waals surface area contributed by atoms with Gasteiger partial charge in [0.1, 0.15) is 0 Å². The SMILES string of the molecule is CCCC1CCC(CN)C(N(CCC)CC(=O)N(C)C)C1. The molecule has 0 aliphatic heterocycles. The van der Waals surface area contributed by atoms with Crippen LogP contribution in [-0.4, -0.2) is 55.5 Å². The van der Waals surface area contributed by atoms with Crippen molar-refractivity contribution in [3.8, 4) is 0 Å². The van der Waals surface area contributed by atoms with Crippen molar-refractivity contribution < 1.29 is 4.79 Å². The number of nitrogens with zero attached hydrogens (tertiary/aromatic N) is 2. The van der Waals surface area contributed by atoms with E-state index in [0.717, 1.165) is 25.4 Å². The highest BCUT2D eigenvalue weighted by atomic mass is 16.2. The predicted molar refractivity (Wildman–Crippen MR) is 89.1 cm³/mol. The number of rotatable bonds is 8. The molecule has 0 radical (unpaired) electrons. The van der Waals surface area contributed by atoms with Gasteiger partial charge in [0.05, 0.1) is 6.54 Å². The van der Waals surface area contributed by atoms with Gasteiger partial charge in [0.25, 0.3) is 0 Å². The number of nitrogens with two attached hydrogens (primary N) is 1. The van der Waals surface area contributed by atoms with Gasteiger partial charge in [-0.15, -0.1) is 0 Å². The Kier molecular flexibility index (Phi) is 8.27. The van der Waals surface area contributed by atoms with Crippen molar-refractivity contribution in [1.29, 1.82) is 0 Å². The fraction of sp³-hybridized carbons (Fsp3) is 0.941. The molecule has 1 fully saturated rings. The molecule has 0 aromatic carbocycles. The third-order valence-electron chi connectivity index (χ3n) is 4.88. The minimum Gasteiger partial charge on any atom is -0.348 e. The lowest BCUT2D eigenvalue weighted by molar-refractivity contribution is -0.131. The Labute approximate surface area is 131 Å². The second kappa shape index (κ2) is 9.42. The monoisotopic (exact) mass is 297 g/mol. The summed E-state index contributed by atoms with van der Waals surface area (Å²) in [5.74, 6) is 1.58. The molecule has 1 saturated carbocycles. The number of carbonyl (C=O) groups is 1. The van der Waals surface area contributed by atoms with Crippen molar-refractivity contribution in [3.05, 3.63) is 0 Å². The second-order valence-corrected chi connectivity index (χ2v) is 6.79. The van der Waals surface area contributed by atoms with E-state index >= 15 is 0 Å². The minimum atomic E-state index is 0.205. The summed E-state index contributed by atoms with van der Waals surface area (Å²) in [5.41, 5.74) is 6.02. The molecular formula is C17H35N3O. The van der Waals surface area contributed by atoms with Gasteiger partial charge in [-0.3, -0.25) is 9.69 Å². The molecule has 21 heavy (non-hydrogen) atoms. The molecule has 0 saturated heterocycles. The Bertz CT molecular complexity index is 306. The molecule has 0 heterocycles. The molecule has 1 rings (SSSR count). The fourth-order valence-electron chi connectivity index (χ4n) is 3.65. The molecule has 0 aromatic heterocycles. The first-order valence-electron chi connectivity index (χ1n) is 8.67. The van der Waals surface area contributed by atoms with Crippen molar-refractivity contribution >= 4 is 5.91 Å². The van der Waals surface area contributed by atoms with Crippen LogP contribution in [0.25, 0.3) is 0 Å². The Morgan fingerprint density at radius 3 is 2.43 bits per heavy atom. The molecule has 124 valence electrons. The van der Waals surface area contributed by atoms with E-state index in [1.807, 2.05) is 14.1 Å². The van der Waals surface area contributed by atoms with Gasteiger partial charge >= 0.3 is 0 Å². The van der Waals surface area contributed by atoms with Crippen LogP contribution in [-0.2, 0) is 4.79 Å². The first-order chi connectivity index (χ1) is 10.0. The molecule has 3 atom stereocenters. The molecule has 2 N–H and O–H groups in total. The first-order valence-corrected chi connectivity index (χ1v) is 8.67. The molecule has 0 aromatic rings. The summed E-state index contributed by atoms with van der Waals surface area (Å²) in [6.07, 6.45) is 7.42. The maximum Gasteiger partial charge on any atom is 0.236 e. The lowest BCUT2D eigenvalue weighted by Crippen LogP contribution is -2.50. The average molecular weight is 297 g/mol. The lowest BCUT2D eigenvalue weighted by atomic mass is 9.76. The van der Waals surface area contributed by atoms with Gasteiger partial charge in [0.2, 0.25) is 5.91 Å². The van der Waals surface area contributed by atoms with Crippen molar-refractivity contribution in [2.45, 2.75) is 58.4 Å². The second-order valence-electron chi connectivity index (χ2n) is 6.79. The van der Waals surface area contributed by atoms with E-state index in [2.05, 4.69) is 18.7 Å². The predicted octanol–water partition coefficient (Wildman–Crippen LogP) is 2.33. The Morgan fingerprint density at radius 1 is 1.19 bits per heavy atom. The largest absolute Gasteiger partial charge is 0.348 e. The van der Waals surface area contributed by atoms with Crippen LogP contribution in [0, 0.1) is 11.8 Å². The van der Waals surface area contributed by atoms with Gasteiger partial charge in [0.15, 0.2) is 0 Å². The number of carbonyl (C=O) groups excluding carboxylic acids is 1. The van der Waals surface area contributed by atoms with Gasteiger partial charge in [-0.05, 0) is 44.2 Å². The van der Waals surface area contributed by atoms with E-state index in [1.165, 1.54) is 32.1 Å². The number of amides is 1. The van der Waals surface area contributed by atoms with Gasteiger partial charge in [-0.2, -0.15) is 0 Å². The van der Waals surface area contributed by atoms with E-state index < -0.39 is 0 Å². The van der Waals surface area contributed by atoms with Crippen LogP contribution in [0.2, 0.25) is 0 Å². The quantitative estimate of drug-likeness (QED) is 0.748. The molecule has 1 aliphatic carbocycles. The van der Waals surface area contributed by atoms with Gasteiger partial charge in [0, 0.05) is 20.1 Å². The third kappa shape index (κ3) is 5.59. The average Bonchev–Trinajstić information content (AvgIpc) is 2.46. The molecule has 3 unspecified atom stereocenters. The number of likely N-dealkylation sites (N-methyl/N-ethyl adjacent to an activating group) is 1. The molecule has 4 nitrogen and oxygen atoms in total. The summed E-state index contributed by atoms with van der Waals surface area (Å²) in [4.78, 5) is 16.2. The zero-order valence-corrected chi connectivity index (χ0v) is 14.5. The van der Waals surface area contributed by atoms with Gasteiger partial charge in [-0.1, -0.05) is 33.1 Å². The summed E-state index contributed by atoms with van der Waals surface area (Å²) >= 11 is 0. The highest BCUT2D eigenvalue weighted by Gasteiger charge is 2.33. The standard InChI is InChI=1S/C17H35N3O/c1-5-7-14-8-9-15(12-18)16(11-14)20(10-6-2)13-17(21)19(3)4/h14-16H,5-13,18H2,1-4H3. The molecule has 4 heteroatoms. The summed E-state index contributed by atoms with van der Waals surface area (Å²) in [6, 6.07) is 0.490. The van der Waals surface area contributed by atoms with Crippen LogP contribution in [0.3, 0.4) is 0 Å². The van der Waals surface area contributed by atoms with Crippen molar-refractivity contribution in [3.63, 3.8) is 0 Å². The Hall–Kier alpha value is -0.610. The highest BCUT2D eigenvalue weighted by Crippen LogP contribution is 2.34. The molecule has 0 bridgehead atoms. The van der Waals surface area contributed by atoms with E-state index in [0.29, 0.717) is 18.5 Å². The highest BCUT2D eigenvalue weighted by molar-refractivity contribution is 5.77. The molecule has 1 aliphatic rings. The van der Waals surface area contributed by atoms with Crippen LogP contribution >= 0.6 is 0 Å². The minimum absolute atomic E-state index is 0.205. The Balaban J connectivity index is 2.76. The summed E-state index contributed by atoms with van der Waals surface area (Å²) in [5, 5.41) is 0. The normalized spacial score (nSPS) is 26.1. The zero-order chi connectivity index (χ0) is 15.8. The third-order valence-corrected chi connectivity index (χ3v) is 4.88.